The number of rotatable bonds is 6. The Morgan fingerprint density at radius 3 is 1.24 bits per heavy atom. The Bertz CT molecular complexity index is 1730. The largest absolute Gasteiger partial charge is 0.324 e. The number of nitrogens with zero attached hydrogens (tertiary/aromatic N) is 3. The third-order valence-electron chi connectivity index (χ3n) is 6.41. The summed E-state index contributed by atoms with van der Waals surface area (Å²) in [5.74, 6) is 1.33. The summed E-state index contributed by atoms with van der Waals surface area (Å²) < 4.78 is 0. The van der Waals surface area contributed by atoms with E-state index in [-0.39, 0.29) is 0 Å². The summed E-state index contributed by atoms with van der Waals surface area (Å²) in [6, 6.07) is 39.1. The highest BCUT2D eigenvalue weighted by molar-refractivity contribution is 6.23. The van der Waals surface area contributed by atoms with E-state index in [9.17, 15) is 0 Å². The highest BCUT2D eigenvalue weighted by atomic mass is 15.3. The van der Waals surface area contributed by atoms with Gasteiger partial charge in [0, 0.05) is 17.1 Å². The minimum absolute atomic E-state index is 0.444. The van der Waals surface area contributed by atoms with Crippen LogP contribution in [0.15, 0.2) is 115 Å². The van der Waals surface area contributed by atoms with Gasteiger partial charge in [-0.15, -0.1) is 0 Å². The molecular weight excluding hydrogens is 456 g/mol. The van der Waals surface area contributed by atoms with Crippen molar-refractivity contribution in [3.8, 4) is 0 Å². The summed E-state index contributed by atoms with van der Waals surface area (Å²) in [4.78, 5) is 13.9. The van der Waals surface area contributed by atoms with E-state index < -0.39 is 0 Å². The number of benzene rings is 6. The molecule has 0 bridgehead atoms. The molecule has 0 fully saturated rings. The first-order valence-electron chi connectivity index (χ1n) is 12.1. The van der Waals surface area contributed by atoms with E-state index in [1.165, 1.54) is 32.3 Å². The normalized spacial score (nSPS) is 11.2. The van der Waals surface area contributed by atoms with Crippen molar-refractivity contribution < 1.29 is 0 Å². The zero-order chi connectivity index (χ0) is 24.6. The Balaban J connectivity index is 1.29. The Morgan fingerprint density at radius 2 is 0.757 bits per heavy atom. The number of para-hydroxylation sites is 2. The summed E-state index contributed by atoms with van der Waals surface area (Å²) in [5, 5.41) is 17.4. The summed E-state index contributed by atoms with van der Waals surface area (Å²) in [5.41, 5.74) is 2.70. The maximum atomic E-state index is 4.66. The Kier molecular flexibility index (Phi) is 5.00. The van der Waals surface area contributed by atoms with Crippen LogP contribution in [0.3, 0.4) is 0 Å². The molecule has 7 aromatic rings. The smallest absolute Gasteiger partial charge is 0.233 e. The van der Waals surface area contributed by atoms with Crippen LogP contribution in [0.2, 0.25) is 0 Å². The fourth-order valence-corrected chi connectivity index (χ4v) is 4.80. The molecule has 0 amide bonds. The Labute approximate surface area is 213 Å². The standard InChI is InChI=1S/C31H22N6/c1-3-10-24(11-4-1)32-29-35-30(33-25-12-5-2-6-13-25)37-31(36-29)34-26-18-22-16-14-20-8-7-9-21-15-17-23(19-26)28(22)27(20)21/h1-19H,(H3,32,33,34,35,36,37). The van der Waals surface area contributed by atoms with Gasteiger partial charge in [0.2, 0.25) is 17.8 Å². The fourth-order valence-electron chi connectivity index (χ4n) is 4.80. The van der Waals surface area contributed by atoms with E-state index in [0.29, 0.717) is 17.8 Å². The average molecular weight is 479 g/mol. The van der Waals surface area contributed by atoms with Crippen LogP contribution < -0.4 is 16.0 Å². The SMILES string of the molecule is c1ccc(Nc2nc(Nc3ccccc3)nc(Nc3cc4ccc5cccc6ccc(c3)c4c56)n2)cc1. The first-order valence-corrected chi connectivity index (χ1v) is 12.1. The number of hydrogen-bond acceptors (Lipinski definition) is 6. The molecule has 37 heavy (non-hydrogen) atoms. The third kappa shape index (κ3) is 4.10. The minimum atomic E-state index is 0.444. The minimum Gasteiger partial charge on any atom is -0.324 e. The summed E-state index contributed by atoms with van der Waals surface area (Å²) in [6.07, 6.45) is 0. The quantitative estimate of drug-likeness (QED) is 0.210. The lowest BCUT2D eigenvalue weighted by Gasteiger charge is -2.14. The molecule has 0 spiro atoms. The van der Waals surface area contributed by atoms with Crippen molar-refractivity contribution in [2.45, 2.75) is 0 Å². The molecule has 6 nitrogen and oxygen atoms in total. The number of nitrogens with one attached hydrogen (secondary N) is 3. The topological polar surface area (TPSA) is 74.8 Å². The zero-order valence-corrected chi connectivity index (χ0v) is 19.8. The van der Waals surface area contributed by atoms with Gasteiger partial charge >= 0.3 is 0 Å². The zero-order valence-electron chi connectivity index (χ0n) is 19.8. The van der Waals surface area contributed by atoms with E-state index >= 15 is 0 Å². The van der Waals surface area contributed by atoms with Gasteiger partial charge in [0.1, 0.15) is 0 Å². The molecule has 1 heterocycles. The van der Waals surface area contributed by atoms with Gasteiger partial charge in [-0.25, -0.2) is 0 Å². The van der Waals surface area contributed by atoms with Crippen LogP contribution in [-0.2, 0) is 0 Å². The van der Waals surface area contributed by atoms with Gasteiger partial charge in [-0.1, -0.05) is 78.9 Å². The predicted octanol–water partition coefficient (Wildman–Crippen LogP) is 8.00. The maximum absolute atomic E-state index is 4.66. The highest BCUT2D eigenvalue weighted by Gasteiger charge is 2.12. The van der Waals surface area contributed by atoms with Crippen molar-refractivity contribution in [2.24, 2.45) is 0 Å². The predicted molar refractivity (Wildman–Crippen MR) is 153 cm³/mol. The molecule has 176 valence electrons. The van der Waals surface area contributed by atoms with Crippen molar-refractivity contribution in [3.63, 3.8) is 0 Å². The molecule has 0 aliphatic heterocycles. The van der Waals surface area contributed by atoms with E-state index in [4.69, 9.17) is 0 Å². The molecular formula is C31H22N6. The maximum Gasteiger partial charge on any atom is 0.233 e. The lowest BCUT2D eigenvalue weighted by atomic mass is 9.94. The number of aromatic nitrogens is 3. The molecule has 1 aromatic heterocycles. The molecule has 3 N–H and O–H groups in total. The lowest BCUT2D eigenvalue weighted by Crippen LogP contribution is -2.07. The molecule has 0 aliphatic carbocycles. The van der Waals surface area contributed by atoms with Crippen LogP contribution in [0.25, 0.3) is 32.3 Å². The van der Waals surface area contributed by atoms with Crippen molar-refractivity contribution in [1.82, 2.24) is 15.0 Å². The van der Waals surface area contributed by atoms with Crippen LogP contribution in [0.4, 0.5) is 34.9 Å². The molecule has 0 aliphatic rings. The van der Waals surface area contributed by atoms with Crippen molar-refractivity contribution in [2.75, 3.05) is 16.0 Å². The molecule has 7 rings (SSSR count). The van der Waals surface area contributed by atoms with Gasteiger partial charge in [0.05, 0.1) is 0 Å². The van der Waals surface area contributed by atoms with E-state index in [1.54, 1.807) is 0 Å². The first kappa shape index (κ1) is 21.1. The number of anilines is 6. The monoisotopic (exact) mass is 478 g/mol. The highest BCUT2D eigenvalue weighted by Crippen LogP contribution is 2.36. The van der Waals surface area contributed by atoms with Crippen LogP contribution >= 0.6 is 0 Å². The molecule has 0 radical (unpaired) electrons. The second kappa shape index (κ2) is 8.77. The summed E-state index contributed by atoms with van der Waals surface area (Å²) in [6.45, 7) is 0. The number of hydrogen-bond donors (Lipinski definition) is 3. The van der Waals surface area contributed by atoms with Crippen LogP contribution in [0.5, 0.6) is 0 Å². The van der Waals surface area contributed by atoms with Crippen molar-refractivity contribution in [1.29, 1.82) is 0 Å². The first-order chi connectivity index (χ1) is 18.3. The van der Waals surface area contributed by atoms with Gasteiger partial charge in [-0.2, -0.15) is 15.0 Å². The third-order valence-corrected chi connectivity index (χ3v) is 6.41. The van der Waals surface area contributed by atoms with E-state index in [0.717, 1.165) is 17.1 Å². The molecule has 6 heteroatoms. The summed E-state index contributed by atoms with van der Waals surface area (Å²) in [7, 11) is 0. The second-order valence-electron chi connectivity index (χ2n) is 8.92. The Morgan fingerprint density at radius 1 is 0.351 bits per heavy atom. The molecule has 0 atom stereocenters. The van der Waals surface area contributed by atoms with Crippen LogP contribution in [-0.4, -0.2) is 15.0 Å². The van der Waals surface area contributed by atoms with Crippen molar-refractivity contribution >= 4 is 67.2 Å². The van der Waals surface area contributed by atoms with E-state index in [1.807, 2.05) is 60.7 Å². The van der Waals surface area contributed by atoms with Crippen molar-refractivity contribution in [3.05, 3.63) is 115 Å². The summed E-state index contributed by atoms with van der Waals surface area (Å²) >= 11 is 0. The molecule has 0 unspecified atom stereocenters. The van der Waals surface area contributed by atoms with Gasteiger partial charge in [0.15, 0.2) is 0 Å². The lowest BCUT2D eigenvalue weighted by molar-refractivity contribution is 1.06. The van der Waals surface area contributed by atoms with Crippen LogP contribution in [0.1, 0.15) is 0 Å². The van der Waals surface area contributed by atoms with Gasteiger partial charge in [-0.05, 0) is 68.7 Å². The van der Waals surface area contributed by atoms with Gasteiger partial charge < -0.3 is 16.0 Å². The second-order valence-corrected chi connectivity index (χ2v) is 8.92. The molecule has 0 saturated heterocycles. The van der Waals surface area contributed by atoms with Gasteiger partial charge in [0.25, 0.3) is 0 Å². The van der Waals surface area contributed by atoms with Gasteiger partial charge in [-0.3, -0.25) is 0 Å². The van der Waals surface area contributed by atoms with Crippen LogP contribution in [0, 0.1) is 0 Å². The molecule has 0 saturated carbocycles. The average Bonchev–Trinajstić information content (AvgIpc) is 2.93. The molecule has 6 aromatic carbocycles. The Hall–Kier alpha value is -5.23. The fraction of sp³-hybridized carbons (Fsp3) is 0. The van der Waals surface area contributed by atoms with E-state index in [2.05, 4.69) is 85.5 Å².